The van der Waals surface area contributed by atoms with Gasteiger partial charge in [0.25, 0.3) is 0 Å². The van der Waals surface area contributed by atoms with Gasteiger partial charge >= 0.3 is 0 Å². The summed E-state index contributed by atoms with van der Waals surface area (Å²) in [7, 11) is 0. The van der Waals surface area contributed by atoms with Crippen LogP contribution in [-0.2, 0) is 6.54 Å². The Morgan fingerprint density at radius 1 is 0.881 bits per heavy atom. The summed E-state index contributed by atoms with van der Waals surface area (Å²) in [6, 6.07) is 30.0. The Morgan fingerprint density at radius 2 is 1.60 bits per heavy atom. The van der Waals surface area contributed by atoms with Crippen molar-refractivity contribution < 1.29 is 0 Å². The van der Waals surface area contributed by atoms with Gasteiger partial charge in [-0.25, -0.2) is 0 Å². The van der Waals surface area contributed by atoms with Gasteiger partial charge in [0, 0.05) is 41.4 Å². The minimum Gasteiger partial charge on any atom is -0.367 e. The molecule has 0 aliphatic carbocycles. The van der Waals surface area contributed by atoms with E-state index in [0.29, 0.717) is 0 Å². The topological polar surface area (TPSA) is 27.3 Å². The molecule has 3 heteroatoms. The van der Waals surface area contributed by atoms with E-state index in [9.17, 15) is 0 Å². The maximum atomic E-state index is 4.52. The van der Waals surface area contributed by atoms with Crippen molar-refractivity contribution in [1.82, 2.24) is 10.2 Å². The van der Waals surface area contributed by atoms with Gasteiger partial charge in [-0.3, -0.25) is 0 Å². The predicted molar refractivity (Wildman–Crippen MR) is 186 cm³/mol. The Kier molecular flexibility index (Phi) is 12.3. The van der Waals surface area contributed by atoms with E-state index in [0.717, 1.165) is 48.6 Å². The Labute approximate surface area is 254 Å². The maximum absolute atomic E-state index is 4.52. The number of allylic oxidation sites excluding steroid dienone is 2. The second-order valence-corrected chi connectivity index (χ2v) is 10.5. The molecule has 4 aromatic carbocycles. The Bertz CT molecular complexity index is 1520. The van der Waals surface area contributed by atoms with Crippen molar-refractivity contribution in [3.63, 3.8) is 0 Å². The van der Waals surface area contributed by atoms with E-state index in [-0.39, 0.29) is 0 Å². The van der Waals surface area contributed by atoms with Crippen molar-refractivity contribution >= 4 is 27.9 Å². The lowest BCUT2D eigenvalue weighted by atomic mass is 10.0. The molecule has 0 spiro atoms. The minimum atomic E-state index is 0.834. The number of rotatable bonds is 12. The Hall–Kier alpha value is -4.50. The second-order valence-electron chi connectivity index (χ2n) is 10.5. The van der Waals surface area contributed by atoms with Crippen molar-refractivity contribution in [1.29, 1.82) is 0 Å². The molecule has 0 atom stereocenters. The molecule has 4 aromatic rings. The van der Waals surface area contributed by atoms with Crippen molar-refractivity contribution in [3.8, 4) is 0 Å². The van der Waals surface area contributed by atoms with Gasteiger partial charge < -0.3 is 15.5 Å². The van der Waals surface area contributed by atoms with Gasteiger partial charge in [0.15, 0.2) is 0 Å². The van der Waals surface area contributed by atoms with E-state index < -0.39 is 0 Å². The van der Waals surface area contributed by atoms with Crippen LogP contribution in [0.5, 0.6) is 0 Å². The molecule has 42 heavy (non-hydrogen) atoms. The van der Waals surface area contributed by atoms with Crippen molar-refractivity contribution in [2.45, 2.75) is 54.0 Å². The predicted octanol–water partition coefficient (Wildman–Crippen LogP) is 10.5. The standard InChI is InChI=1S/C32H34N2.C7H13N/c1-6-20-34(26(5)31-13-9-11-28-10-7-8-12-32(28)31)22-29-18-19-30(21-24(29)3)33-25(4)27-16-14-23(2)15-17-27;1-4-7(5-2)8-6-3/h7-19,21,33H,4-6,20,22H2,1-3H3;4,6,8H,3,5H2,1-2H3/b;7-4-. The summed E-state index contributed by atoms with van der Waals surface area (Å²) in [6.45, 7) is 24.7. The Morgan fingerprint density at radius 3 is 2.21 bits per heavy atom. The molecule has 0 aromatic heterocycles. The molecular weight excluding hydrogens is 510 g/mol. The summed E-state index contributed by atoms with van der Waals surface area (Å²) in [5, 5.41) is 8.97. The van der Waals surface area contributed by atoms with E-state index in [1.807, 2.05) is 13.0 Å². The summed E-state index contributed by atoms with van der Waals surface area (Å²) < 4.78 is 0. The molecule has 4 rings (SSSR count). The van der Waals surface area contributed by atoms with Crippen LogP contribution in [0, 0.1) is 13.8 Å². The van der Waals surface area contributed by atoms with Gasteiger partial charge in [-0.15, -0.1) is 0 Å². The van der Waals surface area contributed by atoms with Crippen LogP contribution in [0.4, 0.5) is 5.69 Å². The summed E-state index contributed by atoms with van der Waals surface area (Å²) >= 11 is 0. The first-order valence-corrected chi connectivity index (χ1v) is 14.9. The van der Waals surface area contributed by atoms with Crippen LogP contribution in [0.15, 0.2) is 123 Å². The highest BCUT2D eigenvalue weighted by molar-refractivity contribution is 5.93. The molecule has 0 amide bonds. The number of anilines is 1. The van der Waals surface area contributed by atoms with E-state index in [2.05, 4.69) is 148 Å². The number of hydrogen-bond donors (Lipinski definition) is 2. The van der Waals surface area contributed by atoms with E-state index >= 15 is 0 Å². The molecule has 0 fully saturated rings. The average molecular weight is 558 g/mol. The fourth-order valence-corrected chi connectivity index (χ4v) is 4.91. The van der Waals surface area contributed by atoms with Crippen LogP contribution in [0.1, 0.15) is 61.4 Å². The third-order valence-corrected chi connectivity index (χ3v) is 7.39. The molecule has 0 bridgehead atoms. The van der Waals surface area contributed by atoms with Crippen LogP contribution >= 0.6 is 0 Å². The molecule has 0 radical (unpaired) electrons. The van der Waals surface area contributed by atoms with Crippen LogP contribution in [-0.4, -0.2) is 11.4 Å². The minimum absolute atomic E-state index is 0.834. The van der Waals surface area contributed by atoms with Gasteiger partial charge in [0.2, 0.25) is 0 Å². The highest BCUT2D eigenvalue weighted by Gasteiger charge is 2.14. The molecule has 0 heterocycles. The first-order valence-electron chi connectivity index (χ1n) is 14.9. The zero-order chi connectivity index (χ0) is 30.5. The lowest BCUT2D eigenvalue weighted by Gasteiger charge is -2.28. The van der Waals surface area contributed by atoms with Gasteiger partial charge in [-0.1, -0.05) is 118 Å². The molecule has 0 unspecified atom stereocenters. The monoisotopic (exact) mass is 557 g/mol. The molecule has 0 aliphatic rings. The normalized spacial score (nSPS) is 10.8. The number of benzene rings is 4. The molecule has 2 N–H and O–H groups in total. The van der Waals surface area contributed by atoms with E-state index in [1.165, 1.54) is 38.7 Å². The first-order chi connectivity index (χ1) is 20.3. The maximum Gasteiger partial charge on any atom is 0.0432 e. The molecule has 3 nitrogen and oxygen atoms in total. The lowest BCUT2D eigenvalue weighted by molar-refractivity contribution is 0.390. The Balaban J connectivity index is 0.000000531. The summed E-state index contributed by atoms with van der Waals surface area (Å²) in [5.41, 5.74) is 10.4. The fourth-order valence-electron chi connectivity index (χ4n) is 4.91. The largest absolute Gasteiger partial charge is 0.367 e. The van der Waals surface area contributed by atoms with Crippen LogP contribution < -0.4 is 10.6 Å². The summed E-state index contributed by atoms with van der Waals surface area (Å²) in [6.07, 6.45) is 5.85. The third-order valence-electron chi connectivity index (χ3n) is 7.39. The molecule has 218 valence electrons. The fraction of sp³-hybridized carbons (Fsp3) is 0.231. The number of nitrogens with one attached hydrogen (secondary N) is 2. The summed E-state index contributed by atoms with van der Waals surface area (Å²) in [5.74, 6) is 0. The molecular formula is C39H47N3. The van der Waals surface area contributed by atoms with E-state index in [4.69, 9.17) is 0 Å². The number of hydrogen-bond acceptors (Lipinski definition) is 3. The van der Waals surface area contributed by atoms with Crippen molar-refractivity contribution in [2.24, 2.45) is 0 Å². The zero-order valence-corrected chi connectivity index (χ0v) is 26.1. The smallest absolute Gasteiger partial charge is 0.0432 e. The van der Waals surface area contributed by atoms with Gasteiger partial charge in [-0.2, -0.15) is 0 Å². The summed E-state index contributed by atoms with van der Waals surface area (Å²) in [4.78, 5) is 2.41. The highest BCUT2D eigenvalue weighted by atomic mass is 15.1. The number of nitrogens with zero attached hydrogens (tertiary/aromatic N) is 1. The van der Waals surface area contributed by atoms with Crippen molar-refractivity contribution in [2.75, 3.05) is 11.9 Å². The van der Waals surface area contributed by atoms with Crippen LogP contribution in [0.2, 0.25) is 0 Å². The zero-order valence-electron chi connectivity index (χ0n) is 26.1. The van der Waals surface area contributed by atoms with E-state index in [1.54, 1.807) is 6.20 Å². The highest BCUT2D eigenvalue weighted by Crippen LogP contribution is 2.29. The van der Waals surface area contributed by atoms with Crippen LogP contribution in [0.25, 0.3) is 22.2 Å². The average Bonchev–Trinajstić information content (AvgIpc) is 3.00. The SMILES string of the molecule is C=C(Nc1ccc(CN(CCC)C(=C)c2cccc3ccccc23)c(C)c1)c1ccc(C)cc1.C=CN/C(=C\C)CC. The lowest BCUT2D eigenvalue weighted by Crippen LogP contribution is -2.22. The number of fused-ring (bicyclic) bond motifs is 1. The molecule has 0 saturated heterocycles. The second kappa shape index (κ2) is 16.1. The quantitative estimate of drug-likeness (QED) is 0.181. The van der Waals surface area contributed by atoms with Crippen molar-refractivity contribution in [3.05, 3.63) is 150 Å². The molecule has 0 aliphatic heterocycles. The first kappa shape index (κ1) is 32.0. The van der Waals surface area contributed by atoms with Crippen LogP contribution in [0.3, 0.4) is 0 Å². The van der Waals surface area contributed by atoms with Gasteiger partial charge in [0.05, 0.1) is 0 Å². The third kappa shape index (κ3) is 8.75. The number of aryl methyl sites for hydroxylation is 2. The molecule has 0 saturated carbocycles. The van der Waals surface area contributed by atoms with Gasteiger partial charge in [-0.05, 0) is 79.4 Å². The van der Waals surface area contributed by atoms with Gasteiger partial charge in [0.1, 0.15) is 0 Å².